The molecule has 0 radical (unpaired) electrons. The first kappa shape index (κ1) is 19.2. The van der Waals surface area contributed by atoms with Gasteiger partial charge in [0.2, 0.25) is 0 Å². The van der Waals surface area contributed by atoms with Crippen LogP contribution < -0.4 is 10.3 Å². The molecule has 3 aromatic rings. The number of fused-ring (bicyclic) bond motifs is 1. The van der Waals surface area contributed by atoms with Crippen LogP contribution in [0.1, 0.15) is 37.2 Å². The molecule has 0 fully saturated rings. The number of thioether (sulfide) groups is 1. The third kappa shape index (κ3) is 4.22. The van der Waals surface area contributed by atoms with Gasteiger partial charge in [0.15, 0.2) is 10.9 Å². The van der Waals surface area contributed by atoms with Crippen molar-refractivity contribution in [2.24, 2.45) is 0 Å². The van der Waals surface area contributed by atoms with E-state index in [-0.39, 0.29) is 23.1 Å². The highest BCUT2D eigenvalue weighted by molar-refractivity contribution is 7.99. The molecule has 0 aliphatic rings. The molecule has 140 valence electrons. The molecule has 0 aliphatic heterocycles. The molecule has 1 heterocycles. The van der Waals surface area contributed by atoms with Crippen molar-refractivity contribution in [3.63, 3.8) is 0 Å². The van der Waals surface area contributed by atoms with E-state index in [0.29, 0.717) is 28.2 Å². The van der Waals surface area contributed by atoms with Crippen LogP contribution in [0.15, 0.2) is 58.5 Å². The normalized spacial score (nSPS) is 11.1. The summed E-state index contributed by atoms with van der Waals surface area (Å²) in [6, 6.07) is 14.3. The minimum Gasteiger partial charge on any atom is -0.494 e. The lowest BCUT2D eigenvalue weighted by molar-refractivity contribution is 0.102. The molecule has 2 aromatic carbocycles. The number of hydrogen-bond donors (Lipinski definition) is 0. The topological polar surface area (TPSA) is 61.2 Å². The van der Waals surface area contributed by atoms with E-state index in [1.807, 2.05) is 39.0 Å². The number of benzene rings is 2. The molecule has 5 nitrogen and oxygen atoms in total. The van der Waals surface area contributed by atoms with Gasteiger partial charge in [0, 0.05) is 11.6 Å². The van der Waals surface area contributed by atoms with Crippen LogP contribution in [-0.2, 0) is 0 Å². The number of rotatable bonds is 7. The maximum atomic E-state index is 12.8. The van der Waals surface area contributed by atoms with Crippen molar-refractivity contribution in [1.82, 2.24) is 9.55 Å². The van der Waals surface area contributed by atoms with Gasteiger partial charge in [0.25, 0.3) is 5.56 Å². The summed E-state index contributed by atoms with van der Waals surface area (Å²) in [5.41, 5.74) is 1.19. The first-order valence-electron chi connectivity index (χ1n) is 8.91. The lowest BCUT2D eigenvalue weighted by Crippen LogP contribution is -2.25. The molecule has 6 heteroatoms. The maximum absolute atomic E-state index is 12.8. The first-order valence-corrected chi connectivity index (χ1v) is 9.90. The van der Waals surface area contributed by atoms with E-state index in [1.165, 1.54) is 11.8 Å². The second-order valence-electron chi connectivity index (χ2n) is 6.35. The summed E-state index contributed by atoms with van der Waals surface area (Å²) >= 11 is 1.29. The van der Waals surface area contributed by atoms with Gasteiger partial charge in [0.05, 0.1) is 23.3 Å². The predicted octanol–water partition coefficient (Wildman–Crippen LogP) is 4.35. The Morgan fingerprint density at radius 2 is 1.85 bits per heavy atom. The summed E-state index contributed by atoms with van der Waals surface area (Å²) in [4.78, 5) is 30.0. The smallest absolute Gasteiger partial charge is 0.262 e. The van der Waals surface area contributed by atoms with Gasteiger partial charge in [-0.1, -0.05) is 23.9 Å². The predicted molar refractivity (Wildman–Crippen MR) is 109 cm³/mol. The average molecular weight is 382 g/mol. The Bertz CT molecular complexity index is 1010. The maximum Gasteiger partial charge on any atom is 0.262 e. The lowest BCUT2D eigenvalue weighted by Gasteiger charge is -2.15. The van der Waals surface area contributed by atoms with Crippen LogP contribution in [-0.4, -0.2) is 27.7 Å². The van der Waals surface area contributed by atoms with E-state index in [2.05, 4.69) is 4.98 Å². The van der Waals surface area contributed by atoms with Crippen molar-refractivity contribution in [2.75, 3.05) is 12.4 Å². The Balaban J connectivity index is 1.84. The van der Waals surface area contributed by atoms with Crippen LogP contribution in [0.2, 0.25) is 0 Å². The second-order valence-corrected chi connectivity index (χ2v) is 7.29. The number of carbonyl (C=O) groups is 1. The van der Waals surface area contributed by atoms with Crippen molar-refractivity contribution >= 4 is 28.4 Å². The zero-order valence-corrected chi connectivity index (χ0v) is 16.5. The fraction of sp³-hybridized carbons (Fsp3) is 0.286. The van der Waals surface area contributed by atoms with Crippen LogP contribution >= 0.6 is 11.8 Å². The molecule has 0 atom stereocenters. The van der Waals surface area contributed by atoms with Crippen molar-refractivity contribution in [1.29, 1.82) is 0 Å². The van der Waals surface area contributed by atoms with Crippen molar-refractivity contribution in [3.05, 3.63) is 64.4 Å². The zero-order valence-electron chi connectivity index (χ0n) is 15.6. The summed E-state index contributed by atoms with van der Waals surface area (Å²) in [7, 11) is 0. The van der Waals surface area contributed by atoms with E-state index in [1.54, 1.807) is 34.9 Å². The van der Waals surface area contributed by atoms with Crippen molar-refractivity contribution in [2.45, 2.75) is 32.0 Å². The third-order valence-electron chi connectivity index (χ3n) is 4.11. The number of ketones is 1. The van der Waals surface area contributed by atoms with Crippen LogP contribution in [0.4, 0.5) is 0 Å². The van der Waals surface area contributed by atoms with E-state index < -0.39 is 0 Å². The number of aromatic nitrogens is 2. The zero-order chi connectivity index (χ0) is 19.4. The summed E-state index contributed by atoms with van der Waals surface area (Å²) in [6.45, 7) is 6.39. The molecule has 0 aliphatic carbocycles. The molecule has 1 aromatic heterocycles. The van der Waals surface area contributed by atoms with Crippen LogP contribution in [0, 0.1) is 0 Å². The molecular weight excluding hydrogens is 360 g/mol. The van der Waals surface area contributed by atoms with Crippen LogP contribution in [0.25, 0.3) is 10.9 Å². The monoisotopic (exact) mass is 382 g/mol. The molecule has 3 rings (SSSR count). The van der Waals surface area contributed by atoms with E-state index >= 15 is 0 Å². The Morgan fingerprint density at radius 3 is 2.52 bits per heavy atom. The Labute approximate surface area is 162 Å². The third-order valence-corrected chi connectivity index (χ3v) is 5.06. The molecule has 0 saturated heterocycles. The highest BCUT2D eigenvalue weighted by Gasteiger charge is 2.16. The largest absolute Gasteiger partial charge is 0.494 e. The highest BCUT2D eigenvalue weighted by Crippen LogP contribution is 2.22. The van der Waals surface area contributed by atoms with Crippen LogP contribution in [0.3, 0.4) is 0 Å². The van der Waals surface area contributed by atoms with E-state index in [0.717, 1.165) is 5.75 Å². The fourth-order valence-electron chi connectivity index (χ4n) is 2.80. The van der Waals surface area contributed by atoms with Crippen molar-refractivity contribution in [3.8, 4) is 5.75 Å². The van der Waals surface area contributed by atoms with Crippen LogP contribution in [0.5, 0.6) is 5.75 Å². The summed E-state index contributed by atoms with van der Waals surface area (Å²) < 4.78 is 7.05. The van der Waals surface area contributed by atoms with Gasteiger partial charge >= 0.3 is 0 Å². The van der Waals surface area contributed by atoms with Crippen molar-refractivity contribution < 1.29 is 9.53 Å². The van der Waals surface area contributed by atoms with Gasteiger partial charge in [-0.15, -0.1) is 0 Å². The highest BCUT2D eigenvalue weighted by atomic mass is 32.2. The Kier molecular flexibility index (Phi) is 5.96. The number of Topliss-reactive ketones (excluding diaryl/α,β-unsaturated/α-hetero) is 1. The van der Waals surface area contributed by atoms with Gasteiger partial charge in [-0.25, -0.2) is 4.98 Å². The van der Waals surface area contributed by atoms with Gasteiger partial charge < -0.3 is 4.74 Å². The summed E-state index contributed by atoms with van der Waals surface area (Å²) in [5.74, 6) is 0.943. The molecule has 0 unspecified atom stereocenters. The Hall–Kier alpha value is -2.60. The number of nitrogens with zero attached hydrogens (tertiary/aromatic N) is 2. The quantitative estimate of drug-likeness (QED) is 0.345. The van der Waals surface area contributed by atoms with Gasteiger partial charge in [-0.3, -0.25) is 14.2 Å². The second kappa shape index (κ2) is 8.39. The summed E-state index contributed by atoms with van der Waals surface area (Å²) in [5, 5.41) is 1.15. The Morgan fingerprint density at radius 1 is 1.15 bits per heavy atom. The SMILES string of the molecule is CCOc1ccc(C(=O)CSc2nc3ccccc3c(=O)n2C(C)C)cc1. The van der Waals surface area contributed by atoms with Gasteiger partial charge in [-0.2, -0.15) is 0 Å². The lowest BCUT2D eigenvalue weighted by atomic mass is 10.1. The standard InChI is InChI=1S/C21H22N2O3S/c1-4-26-16-11-9-15(10-12-16)19(24)13-27-21-22-18-8-6-5-7-17(18)20(25)23(21)14(2)3/h5-12,14H,4,13H2,1-3H3. The number of para-hydroxylation sites is 1. The van der Waals surface area contributed by atoms with Gasteiger partial charge in [-0.05, 0) is 57.2 Å². The molecular formula is C21H22N2O3S. The number of hydrogen-bond acceptors (Lipinski definition) is 5. The molecule has 0 amide bonds. The fourth-order valence-corrected chi connectivity index (χ4v) is 3.82. The summed E-state index contributed by atoms with van der Waals surface area (Å²) in [6.07, 6.45) is 0. The average Bonchev–Trinajstić information content (AvgIpc) is 2.66. The molecule has 0 spiro atoms. The van der Waals surface area contributed by atoms with E-state index in [4.69, 9.17) is 4.74 Å². The molecule has 0 N–H and O–H groups in total. The minimum atomic E-state index is -0.0772. The first-order chi connectivity index (χ1) is 13.0. The number of ether oxygens (including phenoxy) is 1. The van der Waals surface area contributed by atoms with Gasteiger partial charge in [0.1, 0.15) is 5.75 Å². The molecule has 27 heavy (non-hydrogen) atoms. The minimum absolute atomic E-state index is 0.0132. The molecule has 0 bridgehead atoms. The van der Waals surface area contributed by atoms with E-state index in [9.17, 15) is 9.59 Å². The molecule has 0 saturated carbocycles. The number of carbonyl (C=O) groups excluding carboxylic acids is 1.